The monoisotopic (exact) mass is 710 g/mol. The number of amides is 1. The number of ketones is 1. The number of unbranched alkanes of at least 4 members (excludes halogenated alkanes) is 8. The molecule has 4 atom stereocenters. The van der Waals surface area contributed by atoms with Crippen molar-refractivity contribution in [3.8, 4) is 5.75 Å². The predicted octanol–water partition coefficient (Wildman–Crippen LogP) is 8.02. The van der Waals surface area contributed by atoms with Gasteiger partial charge in [-0.2, -0.15) is 4.31 Å². The van der Waals surface area contributed by atoms with Crippen LogP contribution in [0.3, 0.4) is 0 Å². The molecular formula is C40H58N2O7S. The van der Waals surface area contributed by atoms with Gasteiger partial charge in [0.05, 0.1) is 24.7 Å². The van der Waals surface area contributed by atoms with Crippen LogP contribution < -0.4 is 4.74 Å². The molecular weight excluding hydrogens is 653 g/mol. The molecule has 10 heteroatoms. The molecule has 9 nitrogen and oxygen atoms in total. The molecule has 2 aromatic carbocycles. The number of piperidine rings is 2. The first-order valence-corrected chi connectivity index (χ1v) is 20.1. The molecule has 276 valence electrons. The molecule has 3 aliphatic rings. The maximum absolute atomic E-state index is 14.2. The molecule has 0 unspecified atom stereocenters. The molecule has 1 saturated carbocycles. The maximum Gasteiger partial charge on any atom is 0.410 e. The zero-order valence-electron chi connectivity index (χ0n) is 30.6. The highest BCUT2D eigenvalue weighted by Gasteiger charge is 2.60. The van der Waals surface area contributed by atoms with Gasteiger partial charge in [0.15, 0.2) is 5.78 Å². The van der Waals surface area contributed by atoms with Gasteiger partial charge in [-0.1, -0.05) is 81.7 Å². The summed E-state index contributed by atoms with van der Waals surface area (Å²) in [4.78, 5) is 28.9. The van der Waals surface area contributed by atoms with Crippen LogP contribution >= 0.6 is 0 Å². The minimum Gasteiger partial charge on any atom is -0.497 e. The van der Waals surface area contributed by atoms with E-state index in [2.05, 4.69) is 12.1 Å². The second-order valence-electron chi connectivity index (χ2n) is 15.7. The van der Waals surface area contributed by atoms with E-state index in [1.165, 1.54) is 42.0 Å². The second kappa shape index (κ2) is 17.0. The number of ether oxygens (including phenoxy) is 3. The van der Waals surface area contributed by atoms with Crippen LogP contribution in [0, 0.1) is 17.3 Å². The van der Waals surface area contributed by atoms with Crippen molar-refractivity contribution in [3.63, 3.8) is 0 Å². The molecule has 2 saturated heterocycles. The van der Waals surface area contributed by atoms with Gasteiger partial charge in [0.25, 0.3) is 0 Å². The third kappa shape index (κ3) is 9.68. The molecule has 3 fully saturated rings. The van der Waals surface area contributed by atoms with Crippen molar-refractivity contribution in [1.82, 2.24) is 9.21 Å². The summed E-state index contributed by atoms with van der Waals surface area (Å²) in [6.07, 6.45) is 11.5. The van der Waals surface area contributed by atoms with Crippen LogP contribution in [-0.4, -0.2) is 74.5 Å². The van der Waals surface area contributed by atoms with E-state index in [-0.39, 0.29) is 41.6 Å². The van der Waals surface area contributed by atoms with Crippen molar-refractivity contribution in [3.05, 3.63) is 60.2 Å². The van der Waals surface area contributed by atoms with E-state index in [0.717, 1.165) is 38.7 Å². The fourth-order valence-electron chi connectivity index (χ4n) is 8.38. The number of benzene rings is 2. The molecule has 0 spiro atoms. The Kier molecular flexibility index (Phi) is 13.1. The Bertz CT molecular complexity index is 1510. The summed E-state index contributed by atoms with van der Waals surface area (Å²) < 4.78 is 46.7. The predicted molar refractivity (Wildman–Crippen MR) is 194 cm³/mol. The molecule has 2 aromatic rings. The summed E-state index contributed by atoms with van der Waals surface area (Å²) in [5.41, 5.74) is 0.119. The Hall–Kier alpha value is -2.95. The summed E-state index contributed by atoms with van der Waals surface area (Å²) in [6.45, 7) is 8.19. The molecule has 2 bridgehead atoms. The number of likely N-dealkylation sites (tertiary alicyclic amines) is 1. The smallest absolute Gasteiger partial charge is 0.410 e. The number of hydrogen-bond acceptors (Lipinski definition) is 7. The van der Waals surface area contributed by atoms with Gasteiger partial charge in [-0.3, -0.25) is 4.79 Å². The number of nitrogens with zero attached hydrogens (tertiary/aromatic N) is 2. The van der Waals surface area contributed by atoms with Gasteiger partial charge in [0, 0.05) is 38.1 Å². The zero-order valence-corrected chi connectivity index (χ0v) is 31.4. The van der Waals surface area contributed by atoms with Crippen molar-refractivity contribution in [2.75, 3.05) is 33.4 Å². The summed E-state index contributed by atoms with van der Waals surface area (Å²) in [7, 11) is -2.42. The highest BCUT2D eigenvalue weighted by Crippen LogP contribution is 2.54. The summed E-state index contributed by atoms with van der Waals surface area (Å²) in [5, 5.41) is 0. The van der Waals surface area contributed by atoms with Gasteiger partial charge < -0.3 is 19.1 Å². The minimum atomic E-state index is -3.97. The largest absolute Gasteiger partial charge is 0.497 e. The number of sulfonamides is 1. The SMILES string of the molecule is COc1ccc(S(=O)(=O)N2C[C@@]3(CCCCCCCCCCCOCc4ccccc4)CN(C(=O)OC(C)(C)C)C[C@H]4CC(=O)[C@@H]2C[C@H]43)cc1. The minimum absolute atomic E-state index is 0.00889. The lowest BCUT2D eigenvalue weighted by molar-refractivity contribution is -0.145. The molecule has 1 amide bonds. The lowest BCUT2D eigenvalue weighted by atomic mass is 9.56. The molecule has 2 heterocycles. The van der Waals surface area contributed by atoms with E-state index in [1.54, 1.807) is 36.3 Å². The van der Waals surface area contributed by atoms with Gasteiger partial charge in [0.1, 0.15) is 11.4 Å². The van der Waals surface area contributed by atoms with Crippen LogP contribution in [0.4, 0.5) is 4.79 Å². The van der Waals surface area contributed by atoms with Crippen LogP contribution in [0.5, 0.6) is 5.75 Å². The van der Waals surface area contributed by atoms with Gasteiger partial charge in [-0.15, -0.1) is 0 Å². The van der Waals surface area contributed by atoms with Gasteiger partial charge in [0.2, 0.25) is 10.0 Å². The topological polar surface area (TPSA) is 102 Å². The average Bonchev–Trinajstić information content (AvgIpc) is 3.09. The second-order valence-corrected chi connectivity index (χ2v) is 17.6. The molecule has 50 heavy (non-hydrogen) atoms. The first-order valence-electron chi connectivity index (χ1n) is 18.7. The van der Waals surface area contributed by atoms with Crippen LogP contribution in [0.15, 0.2) is 59.5 Å². The highest BCUT2D eigenvalue weighted by molar-refractivity contribution is 7.89. The normalized spacial score (nSPS) is 23.9. The molecule has 0 aromatic heterocycles. The van der Waals surface area contributed by atoms with Gasteiger partial charge >= 0.3 is 6.09 Å². The van der Waals surface area contributed by atoms with E-state index < -0.39 is 27.1 Å². The average molecular weight is 711 g/mol. The fourth-order valence-corrected chi connectivity index (χ4v) is 10.1. The van der Waals surface area contributed by atoms with E-state index in [4.69, 9.17) is 14.2 Å². The number of Topliss-reactive ketones (excluding diaryl/α,β-unsaturated/α-hetero) is 1. The lowest BCUT2D eigenvalue weighted by Gasteiger charge is -2.60. The third-order valence-electron chi connectivity index (χ3n) is 10.8. The zero-order chi connectivity index (χ0) is 35.8. The molecule has 2 aliphatic heterocycles. The molecule has 0 N–H and O–H groups in total. The quantitative estimate of drug-likeness (QED) is 0.153. The van der Waals surface area contributed by atoms with Crippen LogP contribution in [-0.2, 0) is 30.9 Å². The number of methoxy groups -OCH3 is 1. The Labute approximate surface area is 300 Å². The first kappa shape index (κ1) is 38.3. The Morgan fingerprint density at radius 3 is 2.16 bits per heavy atom. The number of carbonyl (C=O) groups is 2. The Morgan fingerprint density at radius 2 is 1.52 bits per heavy atom. The lowest BCUT2D eigenvalue weighted by Crippen LogP contribution is -2.68. The van der Waals surface area contributed by atoms with E-state index in [0.29, 0.717) is 31.9 Å². The van der Waals surface area contributed by atoms with Crippen molar-refractivity contribution in [2.24, 2.45) is 17.3 Å². The Morgan fingerprint density at radius 1 is 0.880 bits per heavy atom. The first-order chi connectivity index (χ1) is 23.9. The number of carbonyl (C=O) groups excluding carboxylic acids is 2. The van der Waals surface area contributed by atoms with Crippen molar-refractivity contribution < 1.29 is 32.2 Å². The summed E-state index contributed by atoms with van der Waals surface area (Å²) >= 11 is 0. The summed E-state index contributed by atoms with van der Waals surface area (Å²) in [5.74, 6) is 0.709. The van der Waals surface area contributed by atoms with E-state index >= 15 is 0 Å². The molecule has 0 radical (unpaired) electrons. The van der Waals surface area contributed by atoms with Crippen LogP contribution in [0.2, 0.25) is 0 Å². The fraction of sp³-hybridized carbons (Fsp3) is 0.650. The van der Waals surface area contributed by atoms with E-state index in [1.807, 2.05) is 39.0 Å². The van der Waals surface area contributed by atoms with Crippen LogP contribution in [0.1, 0.15) is 103 Å². The third-order valence-corrected chi connectivity index (χ3v) is 12.7. The van der Waals surface area contributed by atoms with Crippen LogP contribution in [0.25, 0.3) is 0 Å². The van der Waals surface area contributed by atoms with Gasteiger partial charge in [-0.25, -0.2) is 13.2 Å². The van der Waals surface area contributed by atoms with Crippen molar-refractivity contribution in [2.45, 2.75) is 121 Å². The number of rotatable bonds is 17. The van der Waals surface area contributed by atoms with E-state index in [9.17, 15) is 18.0 Å². The van der Waals surface area contributed by atoms with Crippen molar-refractivity contribution >= 4 is 21.9 Å². The molecule has 5 rings (SSSR count). The van der Waals surface area contributed by atoms with Crippen molar-refractivity contribution in [1.29, 1.82) is 0 Å². The number of hydrogen-bond donors (Lipinski definition) is 0. The highest BCUT2D eigenvalue weighted by atomic mass is 32.2. The number of fused-ring (bicyclic) bond motifs is 1. The Balaban J connectivity index is 1.17. The summed E-state index contributed by atoms with van der Waals surface area (Å²) in [6, 6.07) is 16.0. The maximum atomic E-state index is 14.2. The standard InChI is InChI=1S/C40H58N2O7S/c1-39(2,3)49-38(44)41-27-32-25-37(43)36-26-35(32)40(29-41,30-42(36)50(45,46)34-21-19-33(47-4)20-22-34)23-15-10-8-6-5-7-9-11-16-24-48-28-31-17-13-12-14-18-31/h12-14,17-22,32,35-36H,5-11,15-16,23-30H2,1-4H3/t32-,35-,36+,40-/m1/s1. The molecule has 1 aliphatic carbocycles. The van der Waals surface area contributed by atoms with Gasteiger partial charge in [-0.05, 0) is 81.7 Å².